The van der Waals surface area contributed by atoms with E-state index in [0.29, 0.717) is 17.8 Å². The molecule has 0 radical (unpaired) electrons. The lowest BCUT2D eigenvalue weighted by molar-refractivity contribution is -0.0557. The molecule has 1 heterocycles. The second kappa shape index (κ2) is 4.11. The summed E-state index contributed by atoms with van der Waals surface area (Å²) in [5, 5.41) is 11.0. The van der Waals surface area contributed by atoms with Crippen molar-refractivity contribution in [1.29, 1.82) is 0 Å². The number of benzene rings is 1. The van der Waals surface area contributed by atoms with Crippen LogP contribution in [0.2, 0.25) is 0 Å². The fourth-order valence-electron chi connectivity index (χ4n) is 6.27. The van der Waals surface area contributed by atoms with Gasteiger partial charge in [0.25, 0.3) is 0 Å². The van der Waals surface area contributed by atoms with Crippen molar-refractivity contribution in [2.75, 3.05) is 0 Å². The van der Waals surface area contributed by atoms with Crippen LogP contribution in [0.1, 0.15) is 56.4 Å². The molecule has 5 rings (SSSR count). The largest absolute Gasteiger partial charge is 0.392 e. The van der Waals surface area contributed by atoms with Gasteiger partial charge in [-0.3, -0.25) is 0 Å². The third-order valence-corrected chi connectivity index (χ3v) is 6.98. The summed E-state index contributed by atoms with van der Waals surface area (Å²) in [5.74, 6) is 1.21. The molecule has 112 valence electrons. The Morgan fingerprint density at radius 3 is 2.52 bits per heavy atom. The lowest BCUT2D eigenvalue weighted by Gasteiger charge is -2.51. The van der Waals surface area contributed by atoms with E-state index in [9.17, 15) is 5.11 Å². The highest BCUT2D eigenvalue weighted by Crippen LogP contribution is 2.74. The Balaban J connectivity index is 1.66. The highest BCUT2D eigenvalue weighted by Gasteiger charge is 2.81. The predicted octanol–water partition coefficient (Wildman–Crippen LogP) is 3.64. The summed E-state index contributed by atoms with van der Waals surface area (Å²) >= 11 is 0. The molecule has 1 aliphatic heterocycles. The van der Waals surface area contributed by atoms with Gasteiger partial charge in [0.15, 0.2) is 0 Å². The van der Waals surface area contributed by atoms with Gasteiger partial charge in [0, 0.05) is 11.8 Å². The van der Waals surface area contributed by atoms with Gasteiger partial charge in [0.1, 0.15) is 11.2 Å². The van der Waals surface area contributed by atoms with E-state index in [4.69, 9.17) is 4.74 Å². The van der Waals surface area contributed by atoms with Crippen LogP contribution in [0.3, 0.4) is 0 Å². The monoisotopic (exact) mass is 284 g/mol. The van der Waals surface area contributed by atoms with Crippen molar-refractivity contribution in [3.63, 3.8) is 0 Å². The van der Waals surface area contributed by atoms with Gasteiger partial charge >= 0.3 is 0 Å². The third kappa shape index (κ3) is 1.41. The Kier molecular flexibility index (Phi) is 2.48. The number of hydrogen-bond acceptors (Lipinski definition) is 2. The van der Waals surface area contributed by atoms with E-state index in [1.54, 1.807) is 0 Å². The van der Waals surface area contributed by atoms with Gasteiger partial charge in [-0.1, -0.05) is 49.6 Å². The normalized spacial score (nSPS) is 50.9. The second-order valence-corrected chi connectivity index (χ2v) is 7.67. The molecule has 3 aliphatic carbocycles. The molecular formula is C19H24O2. The van der Waals surface area contributed by atoms with Crippen molar-refractivity contribution < 1.29 is 9.84 Å². The van der Waals surface area contributed by atoms with Gasteiger partial charge in [-0.05, 0) is 37.2 Å². The van der Waals surface area contributed by atoms with Crippen LogP contribution < -0.4 is 0 Å². The van der Waals surface area contributed by atoms with Gasteiger partial charge in [-0.25, -0.2) is 0 Å². The Hall–Kier alpha value is -0.860. The Morgan fingerprint density at radius 1 is 0.952 bits per heavy atom. The third-order valence-electron chi connectivity index (χ3n) is 6.98. The van der Waals surface area contributed by atoms with E-state index in [2.05, 4.69) is 30.3 Å². The molecule has 2 bridgehead atoms. The van der Waals surface area contributed by atoms with Crippen LogP contribution >= 0.6 is 0 Å². The average Bonchev–Trinajstić information content (AvgIpc) is 3.20. The minimum absolute atomic E-state index is 0.0160. The maximum Gasteiger partial charge on any atom is 0.106 e. The maximum absolute atomic E-state index is 11.0. The van der Waals surface area contributed by atoms with Crippen LogP contribution in [0.4, 0.5) is 0 Å². The summed E-state index contributed by atoms with van der Waals surface area (Å²) in [4.78, 5) is 0. The standard InChI is InChI=1S/C19H24O2/c20-17-14-9-6-10-15(17)18-11-4-5-12-19(18,21-18)16(14)13-7-2-1-3-8-13/h1-3,7-8,14-17,20H,4-6,9-12H2. The molecule has 1 N–H and O–H groups in total. The summed E-state index contributed by atoms with van der Waals surface area (Å²) in [6.45, 7) is 0. The van der Waals surface area contributed by atoms with E-state index in [0.717, 1.165) is 0 Å². The van der Waals surface area contributed by atoms with Crippen LogP contribution in [0.25, 0.3) is 0 Å². The first-order valence-electron chi connectivity index (χ1n) is 8.72. The first kappa shape index (κ1) is 12.7. The fraction of sp³-hybridized carbons (Fsp3) is 0.684. The van der Waals surface area contributed by atoms with Gasteiger partial charge in [0.05, 0.1) is 6.10 Å². The topological polar surface area (TPSA) is 32.8 Å². The van der Waals surface area contributed by atoms with E-state index < -0.39 is 0 Å². The van der Waals surface area contributed by atoms with Gasteiger partial charge in [-0.15, -0.1) is 0 Å². The number of aliphatic hydroxyl groups excluding tert-OH is 1. The minimum atomic E-state index is -0.155. The van der Waals surface area contributed by atoms with E-state index in [-0.39, 0.29) is 17.3 Å². The quantitative estimate of drug-likeness (QED) is 0.799. The van der Waals surface area contributed by atoms with Crippen LogP contribution in [0.15, 0.2) is 30.3 Å². The van der Waals surface area contributed by atoms with Crippen molar-refractivity contribution in [3.8, 4) is 0 Å². The molecule has 2 nitrogen and oxygen atoms in total. The minimum Gasteiger partial charge on any atom is -0.392 e. The lowest BCUT2D eigenvalue weighted by Crippen LogP contribution is -2.57. The summed E-state index contributed by atoms with van der Waals surface area (Å²) in [5.41, 5.74) is 1.47. The van der Waals surface area contributed by atoms with E-state index >= 15 is 0 Å². The first-order valence-corrected chi connectivity index (χ1v) is 8.72. The second-order valence-electron chi connectivity index (χ2n) is 7.67. The molecular weight excluding hydrogens is 260 g/mol. The van der Waals surface area contributed by atoms with Gasteiger partial charge in [-0.2, -0.15) is 0 Å². The molecule has 0 aromatic heterocycles. The molecule has 1 aromatic carbocycles. The average molecular weight is 284 g/mol. The van der Waals surface area contributed by atoms with Gasteiger partial charge in [0.2, 0.25) is 0 Å². The molecule has 6 unspecified atom stereocenters. The smallest absolute Gasteiger partial charge is 0.106 e. The Labute approximate surface area is 126 Å². The van der Waals surface area contributed by atoms with Crippen molar-refractivity contribution in [3.05, 3.63) is 35.9 Å². The number of fused-ring (bicyclic) bond motifs is 2. The Bertz CT molecular complexity index is 556. The number of epoxide rings is 1. The fourth-order valence-corrected chi connectivity index (χ4v) is 6.27. The van der Waals surface area contributed by atoms with Crippen molar-refractivity contribution >= 4 is 0 Å². The van der Waals surface area contributed by atoms with Crippen LogP contribution in [-0.2, 0) is 4.74 Å². The highest BCUT2D eigenvalue weighted by atomic mass is 16.6. The molecule has 2 heteroatoms. The van der Waals surface area contributed by atoms with Crippen molar-refractivity contribution in [1.82, 2.24) is 0 Å². The first-order chi connectivity index (χ1) is 10.3. The molecule has 1 saturated heterocycles. The molecule has 0 amide bonds. The highest BCUT2D eigenvalue weighted by molar-refractivity contribution is 5.38. The zero-order valence-corrected chi connectivity index (χ0v) is 12.5. The van der Waals surface area contributed by atoms with Crippen LogP contribution in [0.5, 0.6) is 0 Å². The zero-order valence-electron chi connectivity index (χ0n) is 12.5. The molecule has 0 spiro atoms. The maximum atomic E-state index is 11.0. The molecule has 4 aliphatic rings. The van der Waals surface area contributed by atoms with Crippen molar-refractivity contribution in [2.45, 2.75) is 68.2 Å². The van der Waals surface area contributed by atoms with Crippen LogP contribution in [0, 0.1) is 11.8 Å². The molecule has 4 fully saturated rings. The van der Waals surface area contributed by atoms with Gasteiger partial charge < -0.3 is 9.84 Å². The number of aliphatic hydroxyl groups is 1. The SMILES string of the molecule is OC1C2CCCC1C13CCCCC1(O3)C2c1ccccc1. The summed E-state index contributed by atoms with van der Waals surface area (Å²) < 4.78 is 6.61. The zero-order chi connectivity index (χ0) is 14.1. The molecule has 3 saturated carbocycles. The number of ether oxygens (including phenoxy) is 1. The molecule has 1 aromatic rings. The van der Waals surface area contributed by atoms with E-state index in [1.807, 2.05) is 0 Å². The molecule has 21 heavy (non-hydrogen) atoms. The van der Waals surface area contributed by atoms with E-state index in [1.165, 1.54) is 50.5 Å². The summed E-state index contributed by atoms with van der Waals surface area (Å²) in [6, 6.07) is 10.9. The predicted molar refractivity (Wildman–Crippen MR) is 81.0 cm³/mol. The summed E-state index contributed by atoms with van der Waals surface area (Å²) in [6.07, 6.45) is 8.38. The lowest BCUT2D eigenvalue weighted by atomic mass is 9.51. The van der Waals surface area contributed by atoms with Crippen molar-refractivity contribution in [2.24, 2.45) is 11.8 Å². The Morgan fingerprint density at radius 2 is 1.71 bits per heavy atom. The van der Waals surface area contributed by atoms with Crippen LogP contribution in [-0.4, -0.2) is 22.4 Å². The molecule has 6 atom stereocenters. The number of rotatable bonds is 1. The summed E-state index contributed by atoms with van der Waals surface area (Å²) in [7, 11) is 0. The number of hydrogen-bond donors (Lipinski definition) is 1.